The van der Waals surface area contributed by atoms with E-state index in [0.717, 1.165) is 16.8 Å². The van der Waals surface area contributed by atoms with Crippen molar-refractivity contribution in [1.82, 2.24) is 9.38 Å². The Morgan fingerprint density at radius 1 is 1.10 bits per heavy atom. The standard InChI is InChI=1S/C18H12N2O/c1-3-12-5-6-13-15(17(12)19-8-1)11-20-9-7-16-14(18(13)20)4-2-10-21-16/h1-9,11H,10H2. The van der Waals surface area contributed by atoms with Crippen LogP contribution in [0.5, 0.6) is 5.75 Å². The predicted molar refractivity (Wildman–Crippen MR) is 84.7 cm³/mol. The molecule has 0 N–H and O–H groups in total. The molecule has 4 heterocycles. The summed E-state index contributed by atoms with van der Waals surface area (Å²) in [7, 11) is 0. The summed E-state index contributed by atoms with van der Waals surface area (Å²) in [6, 6.07) is 10.4. The van der Waals surface area contributed by atoms with Crippen molar-refractivity contribution in [3.63, 3.8) is 0 Å². The first kappa shape index (κ1) is 10.9. The SMILES string of the molecule is C1=Cc2c(ccn3cc4c(ccc5cccnc54)c23)OC1. The molecule has 0 saturated heterocycles. The molecular weight excluding hydrogens is 260 g/mol. The molecule has 3 heteroatoms. The minimum Gasteiger partial charge on any atom is -0.489 e. The lowest BCUT2D eigenvalue weighted by molar-refractivity contribution is 0.358. The van der Waals surface area contributed by atoms with Crippen LogP contribution in [0, 0.1) is 0 Å². The van der Waals surface area contributed by atoms with Gasteiger partial charge >= 0.3 is 0 Å². The highest BCUT2D eigenvalue weighted by molar-refractivity contribution is 6.13. The second-order valence-electron chi connectivity index (χ2n) is 5.29. The molecule has 3 nitrogen and oxygen atoms in total. The highest BCUT2D eigenvalue weighted by Gasteiger charge is 2.14. The van der Waals surface area contributed by atoms with Gasteiger partial charge in [-0.2, -0.15) is 0 Å². The van der Waals surface area contributed by atoms with E-state index in [-0.39, 0.29) is 0 Å². The second-order valence-corrected chi connectivity index (χ2v) is 5.29. The van der Waals surface area contributed by atoms with Crippen LogP contribution in [0.4, 0.5) is 0 Å². The molecule has 100 valence electrons. The van der Waals surface area contributed by atoms with Crippen LogP contribution >= 0.6 is 0 Å². The fraction of sp³-hybridized carbons (Fsp3) is 0.0556. The zero-order valence-electron chi connectivity index (χ0n) is 11.3. The van der Waals surface area contributed by atoms with E-state index in [1.54, 1.807) is 0 Å². The second kappa shape index (κ2) is 3.85. The van der Waals surface area contributed by atoms with Crippen LogP contribution in [0.2, 0.25) is 0 Å². The van der Waals surface area contributed by atoms with Crippen molar-refractivity contribution < 1.29 is 4.74 Å². The first-order chi connectivity index (χ1) is 10.4. The van der Waals surface area contributed by atoms with Crippen LogP contribution in [0.3, 0.4) is 0 Å². The maximum absolute atomic E-state index is 5.72. The number of fused-ring (bicyclic) bond motifs is 7. The topological polar surface area (TPSA) is 26.5 Å². The van der Waals surface area contributed by atoms with Gasteiger partial charge < -0.3 is 9.14 Å². The zero-order valence-corrected chi connectivity index (χ0v) is 11.3. The van der Waals surface area contributed by atoms with Crippen LogP contribution in [0.15, 0.2) is 55.0 Å². The monoisotopic (exact) mass is 272 g/mol. The minimum atomic E-state index is 0.645. The number of hydrogen-bond donors (Lipinski definition) is 0. The summed E-state index contributed by atoms with van der Waals surface area (Å²) in [6.45, 7) is 0.645. The van der Waals surface area contributed by atoms with E-state index in [2.05, 4.69) is 52.1 Å². The summed E-state index contributed by atoms with van der Waals surface area (Å²) in [5.74, 6) is 0.950. The van der Waals surface area contributed by atoms with E-state index in [1.165, 1.54) is 21.7 Å². The molecule has 0 amide bonds. The van der Waals surface area contributed by atoms with Gasteiger partial charge in [0.15, 0.2) is 0 Å². The number of aromatic nitrogens is 2. The number of hydrogen-bond acceptors (Lipinski definition) is 2. The molecule has 0 aliphatic carbocycles. The average Bonchev–Trinajstić information content (AvgIpc) is 2.94. The van der Waals surface area contributed by atoms with Gasteiger partial charge in [-0.05, 0) is 24.3 Å². The van der Waals surface area contributed by atoms with Crippen LogP contribution in [-0.4, -0.2) is 16.0 Å². The van der Waals surface area contributed by atoms with E-state index >= 15 is 0 Å². The van der Waals surface area contributed by atoms with E-state index < -0.39 is 0 Å². The fourth-order valence-corrected chi connectivity index (χ4v) is 3.19. The first-order valence-electron chi connectivity index (χ1n) is 7.02. The fourth-order valence-electron chi connectivity index (χ4n) is 3.19. The molecule has 4 aromatic rings. The van der Waals surface area contributed by atoms with E-state index in [9.17, 15) is 0 Å². The van der Waals surface area contributed by atoms with Crippen molar-refractivity contribution in [2.45, 2.75) is 0 Å². The maximum Gasteiger partial charge on any atom is 0.130 e. The van der Waals surface area contributed by atoms with E-state index in [4.69, 9.17) is 4.74 Å². The number of pyridine rings is 2. The Balaban J connectivity index is 2.03. The summed E-state index contributed by atoms with van der Waals surface area (Å²) < 4.78 is 7.88. The normalized spacial score (nSPS) is 13.7. The van der Waals surface area contributed by atoms with Crippen molar-refractivity contribution in [3.05, 3.63) is 60.6 Å². The van der Waals surface area contributed by atoms with Crippen LogP contribution < -0.4 is 4.74 Å². The number of benzene rings is 1. The lowest BCUT2D eigenvalue weighted by Gasteiger charge is -2.13. The molecule has 1 aromatic carbocycles. The van der Waals surface area contributed by atoms with Gasteiger partial charge in [-0.15, -0.1) is 0 Å². The molecule has 0 unspecified atom stereocenters. The first-order valence-corrected chi connectivity index (χ1v) is 7.02. The van der Waals surface area contributed by atoms with E-state index in [0.29, 0.717) is 6.61 Å². The van der Waals surface area contributed by atoms with E-state index in [1.807, 2.05) is 18.3 Å². The lowest BCUT2D eigenvalue weighted by atomic mass is 10.1. The Kier molecular flexibility index (Phi) is 2.00. The predicted octanol–water partition coefficient (Wildman–Crippen LogP) is 4.05. The van der Waals surface area contributed by atoms with Crippen molar-refractivity contribution >= 4 is 33.3 Å². The summed E-state index contributed by atoms with van der Waals surface area (Å²) in [4.78, 5) is 4.55. The smallest absolute Gasteiger partial charge is 0.130 e. The molecular formula is C18H12N2O. The molecule has 3 aromatic heterocycles. The number of nitrogens with zero attached hydrogens (tertiary/aromatic N) is 2. The van der Waals surface area contributed by atoms with Crippen LogP contribution in [0.1, 0.15) is 5.56 Å². The van der Waals surface area contributed by atoms with Gasteiger partial charge in [0.05, 0.1) is 11.0 Å². The Hall–Kier alpha value is -2.81. The molecule has 0 spiro atoms. The minimum absolute atomic E-state index is 0.645. The quantitative estimate of drug-likeness (QED) is 0.483. The zero-order chi connectivity index (χ0) is 13.8. The average molecular weight is 272 g/mol. The molecule has 0 radical (unpaired) electrons. The lowest BCUT2D eigenvalue weighted by Crippen LogP contribution is -2.01. The number of ether oxygens (including phenoxy) is 1. The Bertz CT molecular complexity index is 1040. The molecule has 21 heavy (non-hydrogen) atoms. The van der Waals surface area contributed by atoms with Gasteiger partial charge in [0.2, 0.25) is 0 Å². The van der Waals surface area contributed by atoms with Gasteiger partial charge in [-0.3, -0.25) is 4.98 Å². The third kappa shape index (κ3) is 1.40. The molecule has 0 bridgehead atoms. The highest BCUT2D eigenvalue weighted by Crippen LogP contribution is 2.35. The molecule has 0 fully saturated rings. The maximum atomic E-state index is 5.72. The largest absolute Gasteiger partial charge is 0.489 e. The van der Waals surface area contributed by atoms with Crippen molar-refractivity contribution in [3.8, 4) is 5.75 Å². The van der Waals surface area contributed by atoms with Crippen molar-refractivity contribution in [2.75, 3.05) is 6.61 Å². The van der Waals surface area contributed by atoms with Crippen molar-refractivity contribution in [2.24, 2.45) is 0 Å². The summed E-state index contributed by atoms with van der Waals surface area (Å²) in [5, 5.41) is 3.57. The molecule has 5 rings (SSSR count). The Labute approximate surface area is 121 Å². The van der Waals surface area contributed by atoms with Gasteiger partial charge in [-0.25, -0.2) is 0 Å². The molecule has 1 aliphatic rings. The summed E-state index contributed by atoms with van der Waals surface area (Å²) in [6.07, 6.45) is 10.3. The van der Waals surface area contributed by atoms with Crippen LogP contribution in [0.25, 0.3) is 33.3 Å². The molecule has 0 saturated carbocycles. The summed E-state index contributed by atoms with van der Waals surface area (Å²) in [5.41, 5.74) is 3.38. The van der Waals surface area contributed by atoms with Gasteiger partial charge in [-0.1, -0.05) is 18.2 Å². The van der Waals surface area contributed by atoms with Gasteiger partial charge in [0.1, 0.15) is 12.4 Å². The highest BCUT2D eigenvalue weighted by atomic mass is 16.5. The molecule has 1 aliphatic heterocycles. The Morgan fingerprint density at radius 3 is 3.10 bits per heavy atom. The van der Waals surface area contributed by atoms with Crippen molar-refractivity contribution in [1.29, 1.82) is 0 Å². The number of rotatable bonds is 0. The van der Waals surface area contributed by atoms with Gasteiger partial charge in [0.25, 0.3) is 0 Å². The molecule has 0 atom stereocenters. The third-order valence-electron chi connectivity index (χ3n) is 4.12. The van der Waals surface area contributed by atoms with Crippen LogP contribution in [-0.2, 0) is 0 Å². The Morgan fingerprint density at radius 2 is 2.10 bits per heavy atom. The van der Waals surface area contributed by atoms with Gasteiger partial charge in [0, 0.05) is 40.3 Å². The third-order valence-corrected chi connectivity index (χ3v) is 4.12. The summed E-state index contributed by atoms with van der Waals surface area (Å²) >= 11 is 0.